The Hall–Kier alpha value is -2.55. The van der Waals surface area contributed by atoms with Crippen molar-refractivity contribution in [1.29, 1.82) is 0 Å². The van der Waals surface area contributed by atoms with Crippen molar-refractivity contribution in [2.45, 2.75) is 25.0 Å². The molecule has 6 nitrogen and oxygen atoms in total. The van der Waals surface area contributed by atoms with Gasteiger partial charge in [-0.15, -0.1) is 11.3 Å². The summed E-state index contributed by atoms with van der Waals surface area (Å²) in [6.07, 6.45) is 3.47. The molecule has 3 fully saturated rings. The number of thiazole rings is 1. The van der Waals surface area contributed by atoms with Crippen molar-refractivity contribution in [2.75, 3.05) is 38.1 Å². The number of ketones is 1. The Labute approximate surface area is 220 Å². The van der Waals surface area contributed by atoms with E-state index in [4.69, 9.17) is 4.74 Å². The third kappa shape index (κ3) is 5.50. The maximum absolute atomic E-state index is 13.7. The molecular weight excluding hydrogens is 526 g/mol. The third-order valence-corrected chi connectivity index (χ3v) is 8.16. The molecule has 0 N–H and O–H groups in total. The Bertz CT molecular complexity index is 1120. The van der Waals surface area contributed by atoms with Crippen molar-refractivity contribution in [3.05, 3.63) is 82.8 Å². The number of carbonyl (C=O) groups excluding carboxylic acids is 2. The van der Waals surface area contributed by atoms with E-state index < -0.39 is 6.04 Å². The second-order valence-corrected chi connectivity index (χ2v) is 10.4. The van der Waals surface area contributed by atoms with Crippen LogP contribution in [0.25, 0.3) is 0 Å². The molecular formula is C27H30BrN3O3S. The van der Waals surface area contributed by atoms with Gasteiger partial charge in [-0.2, -0.15) is 0 Å². The number of nitrogens with zero attached hydrogens (tertiary/aromatic N) is 3. The number of ether oxygens (including phenoxy) is 1. The summed E-state index contributed by atoms with van der Waals surface area (Å²) in [5.41, 5.74) is 1.86. The van der Waals surface area contributed by atoms with Crippen molar-refractivity contribution in [2.24, 2.45) is 5.92 Å². The third-order valence-electron chi connectivity index (χ3n) is 7.35. The lowest BCUT2D eigenvalue weighted by molar-refractivity contribution is -0.938. The number of aromatic nitrogens is 1. The first kappa shape index (κ1) is 25.5. The standard InChI is InChI=1S/C27H30N3O3S.BrH/c1-29(22-10-6-3-7-11-22)25(21-8-4-2-5-9-21)27(32)33-24-19-30(15-12-20(24)13-16-30)18-23(31)26-28-14-17-34-26;/h2-11,14,17,20,24-25H,12-13,15-16,18-19H2,1H3;1H/q+1;/p-1/t20?,24-,25?,30?;/m0./s1. The van der Waals surface area contributed by atoms with Crippen LogP contribution in [0.1, 0.15) is 34.2 Å². The number of halogens is 1. The van der Waals surface area contributed by atoms with Crippen molar-refractivity contribution >= 4 is 28.8 Å². The molecule has 0 aliphatic carbocycles. The summed E-state index contributed by atoms with van der Waals surface area (Å²) in [5.74, 6) is 0.212. The molecule has 0 radical (unpaired) electrons. The van der Waals surface area contributed by atoms with Crippen LogP contribution in [0.5, 0.6) is 0 Å². The van der Waals surface area contributed by atoms with Crippen molar-refractivity contribution in [1.82, 2.24) is 4.98 Å². The summed E-state index contributed by atoms with van der Waals surface area (Å²) in [6.45, 7) is 3.05. The lowest BCUT2D eigenvalue weighted by atomic mass is 9.83. The largest absolute Gasteiger partial charge is 1.00 e. The number of carbonyl (C=O) groups is 2. The van der Waals surface area contributed by atoms with Gasteiger partial charge >= 0.3 is 5.97 Å². The summed E-state index contributed by atoms with van der Waals surface area (Å²) in [6, 6.07) is 19.2. The molecule has 8 heteroatoms. The minimum atomic E-state index is -0.538. The second-order valence-electron chi connectivity index (χ2n) is 9.46. The van der Waals surface area contributed by atoms with Crippen molar-refractivity contribution in [3.8, 4) is 0 Å². The average Bonchev–Trinajstić information content (AvgIpc) is 3.41. The quantitative estimate of drug-likeness (QED) is 0.238. The summed E-state index contributed by atoms with van der Waals surface area (Å²) in [7, 11) is 1.94. The van der Waals surface area contributed by atoms with Crippen LogP contribution in [-0.2, 0) is 9.53 Å². The zero-order valence-electron chi connectivity index (χ0n) is 19.8. The van der Waals surface area contributed by atoms with Crippen molar-refractivity contribution < 1.29 is 35.8 Å². The second kappa shape index (κ2) is 11.0. The molecule has 3 aliphatic heterocycles. The highest BCUT2D eigenvalue weighted by molar-refractivity contribution is 7.11. The predicted octanol–water partition coefficient (Wildman–Crippen LogP) is 1.36. The summed E-state index contributed by atoms with van der Waals surface area (Å²) < 4.78 is 6.95. The molecule has 0 saturated carbocycles. The van der Waals surface area contributed by atoms with Crippen LogP contribution in [0.4, 0.5) is 5.69 Å². The van der Waals surface area contributed by atoms with Crippen LogP contribution < -0.4 is 21.9 Å². The average molecular weight is 557 g/mol. The lowest BCUT2D eigenvalue weighted by Gasteiger charge is -2.51. The van der Waals surface area contributed by atoms with Crippen LogP contribution in [0.3, 0.4) is 0 Å². The number of para-hydroxylation sites is 1. The van der Waals surface area contributed by atoms with Crippen LogP contribution in [-0.4, -0.2) is 60.6 Å². The van der Waals surface area contributed by atoms with E-state index in [1.54, 1.807) is 6.20 Å². The fraction of sp³-hybridized carbons (Fsp3) is 0.370. The van der Waals surface area contributed by atoms with Gasteiger partial charge in [0.15, 0.2) is 17.2 Å². The molecule has 184 valence electrons. The topological polar surface area (TPSA) is 59.5 Å². The van der Waals surface area contributed by atoms with Crippen molar-refractivity contribution in [3.63, 3.8) is 0 Å². The van der Waals surface area contributed by atoms with Gasteiger partial charge in [0, 0.05) is 43.1 Å². The van der Waals surface area contributed by atoms with Gasteiger partial charge in [-0.05, 0) is 17.7 Å². The highest BCUT2D eigenvalue weighted by Crippen LogP contribution is 2.37. The molecule has 1 aromatic heterocycles. The van der Waals surface area contributed by atoms with E-state index in [1.807, 2.05) is 78.0 Å². The number of rotatable bonds is 8. The van der Waals surface area contributed by atoms with E-state index in [0.717, 1.165) is 37.2 Å². The lowest BCUT2D eigenvalue weighted by Crippen LogP contribution is -3.00. The molecule has 3 aromatic rings. The molecule has 35 heavy (non-hydrogen) atoms. The minimum Gasteiger partial charge on any atom is -1.00 e. The first-order valence-electron chi connectivity index (χ1n) is 11.9. The van der Waals surface area contributed by atoms with E-state index in [9.17, 15) is 9.59 Å². The van der Waals surface area contributed by atoms with Gasteiger partial charge < -0.3 is 31.1 Å². The van der Waals surface area contributed by atoms with Gasteiger partial charge in [0.05, 0.1) is 13.1 Å². The number of hydrogen-bond acceptors (Lipinski definition) is 6. The first-order valence-corrected chi connectivity index (χ1v) is 12.7. The van der Waals surface area contributed by atoms with Crippen LogP contribution in [0.15, 0.2) is 72.2 Å². The SMILES string of the molecule is CN(c1ccccc1)C(C(=O)O[C@H]1C[N+]2(CC(=O)c3nccs3)CCC1CC2)c1ccccc1.[Br-]. The molecule has 2 bridgehead atoms. The zero-order chi connectivity index (χ0) is 23.5. The minimum absolute atomic E-state index is 0. The number of benzene rings is 2. The Morgan fingerprint density at radius 3 is 2.37 bits per heavy atom. The zero-order valence-corrected chi connectivity index (χ0v) is 22.2. The van der Waals surface area contributed by atoms with Gasteiger partial charge in [0.1, 0.15) is 13.1 Å². The smallest absolute Gasteiger partial charge is 0.333 e. The number of anilines is 1. The highest BCUT2D eigenvalue weighted by atomic mass is 79.9. The van der Waals surface area contributed by atoms with Gasteiger partial charge in [-0.1, -0.05) is 48.5 Å². The normalized spacial score (nSPS) is 23.7. The van der Waals surface area contributed by atoms with Gasteiger partial charge in [0.25, 0.3) is 0 Å². The first-order chi connectivity index (χ1) is 16.5. The summed E-state index contributed by atoms with van der Waals surface area (Å²) >= 11 is 1.39. The van der Waals surface area contributed by atoms with E-state index >= 15 is 0 Å². The van der Waals surface area contributed by atoms with Gasteiger partial charge in [-0.3, -0.25) is 4.79 Å². The number of hydrogen-bond donors (Lipinski definition) is 0. The molecule has 0 spiro atoms. The molecule has 3 saturated heterocycles. The summed E-state index contributed by atoms with van der Waals surface area (Å²) in [5, 5.41) is 2.41. The summed E-state index contributed by atoms with van der Waals surface area (Å²) in [4.78, 5) is 32.7. The van der Waals surface area contributed by atoms with Gasteiger partial charge in [0.2, 0.25) is 5.78 Å². The Kier molecular flexibility index (Phi) is 8.04. The number of fused-ring (bicyclic) bond motifs is 3. The molecule has 2 aromatic carbocycles. The van der Waals surface area contributed by atoms with Crippen LogP contribution >= 0.6 is 11.3 Å². The maximum Gasteiger partial charge on any atom is 0.333 e. The fourth-order valence-electron chi connectivity index (χ4n) is 5.49. The van der Waals surface area contributed by atoms with E-state index in [-0.39, 0.29) is 34.8 Å². The molecule has 3 aliphatic rings. The monoisotopic (exact) mass is 555 g/mol. The van der Waals surface area contributed by atoms with E-state index in [0.29, 0.717) is 28.5 Å². The number of likely N-dealkylation sites (N-methyl/N-ethyl adjacent to an activating group) is 1. The van der Waals surface area contributed by atoms with Crippen LogP contribution in [0, 0.1) is 5.92 Å². The number of Topliss-reactive ketones (excluding diaryl/α,β-unsaturated/α-hetero) is 1. The number of piperidine rings is 3. The Morgan fingerprint density at radius 1 is 1.09 bits per heavy atom. The fourth-order valence-corrected chi connectivity index (χ4v) is 6.06. The number of esters is 1. The highest BCUT2D eigenvalue weighted by Gasteiger charge is 2.49. The molecule has 4 heterocycles. The maximum atomic E-state index is 13.7. The Morgan fingerprint density at radius 2 is 1.74 bits per heavy atom. The van der Waals surface area contributed by atoms with Crippen LogP contribution in [0.2, 0.25) is 0 Å². The molecule has 0 amide bonds. The van der Waals surface area contributed by atoms with E-state index in [2.05, 4.69) is 4.98 Å². The molecule has 1 unspecified atom stereocenters. The van der Waals surface area contributed by atoms with Gasteiger partial charge in [-0.25, -0.2) is 9.78 Å². The predicted molar refractivity (Wildman–Crippen MR) is 133 cm³/mol. The molecule has 2 atom stereocenters. The van der Waals surface area contributed by atoms with E-state index in [1.165, 1.54) is 11.3 Å². The Balaban J connectivity index is 0.00000289. The number of quaternary nitrogens is 1. The molecule has 6 rings (SSSR count).